The number of nitrogens with one attached hydrogen (secondary N) is 2. The SMILES string of the molecule is O=C(NCc1ccc(F)c(Cl)c1)N[C@H](CCO)c1ccccc1. The molecule has 1 atom stereocenters. The number of benzene rings is 2. The van der Waals surface area contributed by atoms with Crippen molar-refractivity contribution in [1.29, 1.82) is 0 Å². The van der Waals surface area contributed by atoms with Gasteiger partial charge in [0.2, 0.25) is 0 Å². The Balaban J connectivity index is 1.92. The summed E-state index contributed by atoms with van der Waals surface area (Å²) in [6.45, 7) is 0.194. The predicted octanol–water partition coefficient (Wildman–Crippen LogP) is 3.40. The lowest BCUT2D eigenvalue weighted by Crippen LogP contribution is -2.38. The van der Waals surface area contributed by atoms with Crippen molar-refractivity contribution >= 4 is 17.6 Å². The predicted molar refractivity (Wildman–Crippen MR) is 87.7 cm³/mol. The van der Waals surface area contributed by atoms with Crippen molar-refractivity contribution in [2.75, 3.05) is 6.61 Å². The van der Waals surface area contributed by atoms with E-state index in [1.165, 1.54) is 12.1 Å². The molecular formula is C17H18ClFN2O2. The van der Waals surface area contributed by atoms with Crippen LogP contribution in [-0.4, -0.2) is 17.7 Å². The minimum absolute atomic E-state index is 0.0205. The zero-order chi connectivity index (χ0) is 16.7. The van der Waals surface area contributed by atoms with Crippen molar-refractivity contribution in [3.05, 3.63) is 70.5 Å². The Hall–Kier alpha value is -2.11. The van der Waals surface area contributed by atoms with Gasteiger partial charge >= 0.3 is 6.03 Å². The summed E-state index contributed by atoms with van der Waals surface area (Å²) in [5.74, 6) is -0.494. The van der Waals surface area contributed by atoms with Crippen LogP contribution in [-0.2, 0) is 6.54 Å². The molecule has 0 saturated heterocycles. The van der Waals surface area contributed by atoms with E-state index in [9.17, 15) is 9.18 Å². The minimum Gasteiger partial charge on any atom is -0.396 e. The van der Waals surface area contributed by atoms with Crippen LogP contribution in [0.1, 0.15) is 23.6 Å². The van der Waals surface area contributed by atoms with Crippen LogP contribution in [0, 0.1) is 5.82 Å². The van der Waals surface area contributed by atoms with Gasteiger partial charge in [0, 0.05) is 13.2 Å². The lowest BCUT2D eigenvalue weighted by Gasteiger charge is -2.18. The molecule has 3 N–H and O–H groups in total. The van der Waals surface area contributed by atoms with E-state index in [1.807, 2.05) is 30.3 Å². The van der Waals surface area contributed by atoms with Crippen LogP contribution in [0.3, 0.4) is 0 Å². The number of aliphatic hydroxyl groups is 1. The molecule has 0 aliphatic carbocycles. The van der Waals surface area contributed by atoms with Crippen molar-refractivity contribution in [3.63, 3.8) is 0 Å². The third kappa shape index (κ3) is 5.23. The molecule has 2 aromatic rings. The molecule has 0 heterocycles. The molecule has 2 amide bonds. The summed E-state index contributed by atoms with van der Waals surface area (Å²) in [5.41, 5.74) is 1.62. The van der Waals surface area contributed by atoms with Crippen molar-refractivity contribution in [1.82, 2.24) is 10.6 Å². The van der Waals surface area contributed by atoms with Crippen molar-refractivity contribution in [2.24, 2.45) is 0 Å². The van der Waals surface area contributed by atoms with Crippen molar-refractivity contribution < 1.29 is 14.3 Å². The van der Waals surface area contributed by atoms with Gasteiger partial charge in [-0.15, -0.1) is 0 Å². The molecule has 0 saturated carbocycles. The van der Waals surface area contributed by atoms with Crippen LogP contribution >= 0.6 is 11.6 Å². The van der Waals surface area contributed by atoms with Crippen molar-refractivity contribution in [3.8, 4) is 0 Å². The molecule has 0 radical (unpaired) electrons. The molecule has 0 unspecified atom stereocenters. The zero-order valence-electron chi connectivity index (χ0n) is 12.4. The van der Waals surface area contributed by atoms with Crippen LogP contribution in [0.2, 0.25) is 5.02 Å². The lowest BCUT2D eigenvalue weighted by molar-refractivity contribution is 0.229. The molecule has 0 aliphatic rings. The topological polar surface area (TPSA) is 61.4 Å². The second-order valence-corrected chi connectivity index (χ2v) is 5.46. The Morgan fingerprint density at radius 2 is 1.96 bits per heavy atom. The van der Waals surface area contributed by atoms with Crippen LogP contribution in [0.5, 0.6) is 0 Å². The van der Waals surface area contributed by atoms with E-state index < -0.39 is 5.82 Å². The maximum absolute atomic E-state index is 13.1. The number of halogens is 2. The summed E-state index contributed by atoms with van der Waals surface area (Å²) in [7, 11) is 0. The maximum atomic E-state index is 13.1. The van der Waals surface area contributed by atoms with Crippen LogP contribution in [0.4, 0.5) is 9.18 Å². The molecule has 0 fully saturated rings. The summed E-state index contributed by atoms with van der Waals surface area (Å²) in [6, 6.07) is 13.1. The molecule has 4 nitrogen and oxygen atoms in total. The number of rotatable bonds is 6. The second kappa shape index (κ2) is 8.50. The third-order valence-corrected chi connectivity index (χ3v) is 3.65. The fourth-order valence-electron chi connectivity index (χ4n) is 2.18. The molecule has 0 bridgehead atoms. The summed E-state index contributed by atoms with van der Waals surface area (Å²) in [4.78, 5) is 12.0. The second-order valence-electron chi connectivity index (χ2n) is 5.05. The fraction of sp³-hybridized carbons (Fsp3) is 0.235. The highest BCUT2D eigenvalue weighted by Gasteiger charge is 2.13. The molecule has 23 heavy (non-hydrogen) atoms. The van der Waals surface area contributed by atoms with E-state index in [4.69, 9.17) is 16.7 Å². The zero-order valence-corrected chi connectivity index (χ0v) is 13.2. The van der Waals surface area contributed by atoms with Crippen LogP contribution in [0.25, 0.3) is 0 Å². The molecule has 0 aliphatic heterocycles. The number of hydrogen-bond acceptors (Lipinski definition) is 2. The van der Waals surface area contributed by atoms with Gasteiger partial charge in [0.05, 0.1) is 11.1 Å². The maximum Gasteiger partial charge on any atom is 0.315 e. The Morgan fingerprint density at radius 3 is 2.61 bits per heavy atom. The van der Waals surface area contributed by atoms with Crippen molar-refractivity contribution in [2.45, 2.75) is 19.0 Å². The lowest BCUT2D eigenvalue weighted by atomic mass is 10.0. The van der Waals surface area contributed by atoms with E-state index in [0.29, 0.717) is 12.0 Å². The average Bonchev–Trinajstić information content (AvgIpc) is 2.56. The highest BCUT2D eigenvalue weighted by molar-refractivity contribution is 6.30. The smallest absolute Gasteiger partial charge is 0.315 e. The van der Waals surface area contributed by atoms with Gasteiger partial charge in [-0.05, 0) is 29.7 Å². The standard InChI is InChI=1S/C17H18ClFN2O2/c18-14-10-12(6-7-15(14)19)11-20-17(23)21-16(8-9-22)13-4-2-1-3-5-13/h1-7,10,16,22H,8-9,11H2,(H2,20,21,23)/t16-/m1/s1. The molecule has 0 aromatic heterocycles. The first-order chi connectivity index (χ1) is 11.1. The monoisotopic (exact) mass is 336 g/mol. The first kappa shape index (κ1) is 17.2. The Bertz CT molecular complexity index is 652. The molecule has 6 heteroatoms. The summed E-state index contributed by atoms with van der Waals surface area (Å²) in [6.07, 6.45) is 0.416. The van der Waals surface area contributed by atoms with Crippen LogP contribution in [0.15, 0.2) is 48.5 Å². The quantitative estimate of drug-likeness (QED) is 0.757. The average molecular weight is 337 g/mol. The van der Waals surface area contributed by atoms with Gasteiger partial charge in [-0.3, -0.25) is 0 Å². The van der Waals surface area contributed by atoms with E-state index in [1.54, 1.807) is 6.07 Å². The largest absolute Gasteiger partial charge is 0.396 e. The molecular weight excluding hydrogens is 319 g/mol. The fourth-order valence-corrected chi connectivity index (χ4v) is 2.38. The highest BCUT2D eigenvalue weighted by Crippen LogP contribution is 2.17. The molecule has 2 aromatic carbocycles. The number of aliphatic hydroxyl groups excluding tert-OH is 1. The number of amides is 2. The van der Waals surface area contributed by atoms with E-state index in [2.05, 4.69) is 10.6 Å². The van der Waals surface area contributed by atoms with Gasteiger partial charge in [0.15, 0.2) is 0 Å². The minimum atomic E-state index is -0.494. The van der Waals surface area contributed by atoms with E-state index in [0.717, 1.165) is 5.56 Å². The number of carbonyl (C=O) groups excluding carboxylic acids is 1. The number of urea groups is 1. The van der Waals surface area contributed by atoms with E-state index >= 15 is 0 Å². The number of hydrogen-bond donors (Lipinski definition) is 3. The summed E-state index contributed by atoms with van der Waals surface area (Å²) < 4.78 is 13.1. The van der Waals surface area contributed by atoms with Gasteiger partial charge in [0.1, 0.15) is 5.82 Å². The van der Waals surface area contributed by atoms with Crippen LogP contribution < -0.4 is 10.6 Å². The first-order valence-corrected chi connectivity index (χ1v) is 7.62. The molecule has 2 rings (SSSR count). The Morgan fingerprint density at radius 1 is 1.22 bits per heavy atom. The summed E-state index contributed by atoms with van der Waals surface area (Å²) >= 11 is 5.70. The van der Waals surface area contributed by atoms with Gasteiger partial charge in [0.25, 0.3) is 0 Å². The normalized spacial score (nSPS) is 11.8. The Kier molecular flexibility index (Phi) is 6.38. The molecule has 0 spiro atoms. The van der Waals surface area contributed by atoms with Gasteiger partial charge in [-0.2, -0.15) is 0 Å². The highest BCUT2D eigenvalue weighted by atomic mass is 35.5. The number of carbonyl (C=O) groups is 1. The van der Waals surface area contributed by atoms with Gasteiger partial charge in [-0.1, -0.05) is 48.0 Å². The van der Waals surface area contributed by atoms with Gasteiger partial charge < -0.3 is 15.7 Å². The molecule has 122 valence electrons. The first-order valence-electron chi connectivity index (χ1n) is 7.24. The van der Waals surface area contributed by atoms with E-state index in [-0.39, 0.29) is 30.2 Å². The third-order valence-electron chi connectivity index (χ3n) is 3.36. The Labute approximate surface area is 139 Å². The van der Waals surface area contributed by atoms with Gasteiger partial charge in [-0.25, -0.2) is 9.18 Å². The summed E-state index contributed by atoms with van der Waals surface area (Å²) in [5, 5.41) is 14.7.